The van der Waals surface area contributed by atoms with Crippen LogP contribution in [0.15, 0.2) is 48.5 Å². The normalized spacial score (nSPS) is 15.5. The van der Waals surface area contributed by atoms with Gasteiger partial charge in [-0.3, -0.25) is 0 Å². The maximum Gasteiger partial charge on any atom is 0.122 e. The molecule has 0 unspecified atom stereocenters. The zero-order chi connectivity index (χ0) is 15.9. The zero-order valence-corrected chi connectivity index (χ0v) is 13.6. The summed E-state index contributed by atoms with van der Waals surface area (Å²) in [5.74, 6) is 1.61. The van der Waals surface area contributed by atoms with Crippen LogP contribution in [-0.4, -0.2) is 19.7 Å². The maximum atomic E-state index is 6.13. The number of piperidine rings is 1. The zero-order valence-electron chi connectivity index (χ0n) is 13.6. The van der Waals surface area contributed by atoms with Crippen LogP contribution in [0.4, 0.5) is 0 Å². The Morgan fingerprint density at radius 3 is 2.52 bits per heavy atom. The SMILES string of the molecule is NCc1ccc(OCCc2ccccc2)c(C2CCNCC2)c1. The van der Waals surface area contributed by atoms with Crippen molar-refractivity contribution < 1.29 is 4.74 Å². The van der Waals surface area contributed by atoms with Gasteiger partial charge in [-0.05, 0) is 54.6 Å². The van der Waals surface area contributed by atoms with E-state index in [1.807, 2.05) is 6.07 Å². The number of benzene rings is 2. The van der Waals surface area contributed by atoms with Gasteiger partial charge in [-0.15, -0.1) is 0 Å². The molecular formula is C20H26N2O. The van der Waals surface area contributed by atoms with E-state index in [4.69, 9.17) is 10.5 Å². The maximum absolute atomic E-state index is 6.13. The van der Waals surface area contributed by atoms with E-state index in [0.717, 1.165) is 25.3 Å². The third-order valence-electron chi connectivity index (χ3n) is 4.58. The van der Waals surface area contributed by atoms with Gasteiger partial charge in [-0.1, -0.05) is 42.5 Å². The lowest BCUT2D eigenvalue weighted by Crippen LogP contribution is -2.27. The molecule has 0 radical (unpaired) electrons. The second-order valence-corrected chi connectivity index (χ2v) is 6.18. The van der Waals surface area contributed by atoms with Gasteiger partial charge in [0, 0.05) is 13.0 Å². The van der Waals surface area contributed by atoms with Gasteiger partial charge in [0.2, 0.25) is 0 Å². The van der Waals surface area contributed by atoms with Crippen LogP contribution >= 0.6 is 0 Å². The lowest BCUT2D eigenvalue weighted by molar-refractivity contribution is 0.313. The summed E-state index contributed by atoms with van der Waals surface area (Å²) in [6.07, 6.45) is 3.28. The molecule has 1 saturated heterocycles. The van der Waals surface area contributed by atoms with E-state index >= 15 is 0 Å². The first kappa shape index (κ1) is 16.0. The van der Waals surface area contributed by atoms with Gasteiger partial charge in [-0.2, -0.15) is 0 Å². The molecule has 0 aromatic heterocycles. The number of nitrogens with two attached hydrogens (primary N) is 1. The van der Waals surface area contributed by atoms with Gasteiger partial charge in [0.15, 0.2) is 0 Å². The monoisotopic (exact) mass is 310 g/mol. The average Bonchev–Trinajstić information content (AvgIpc) is 2.63. The molecule has 2 aromatic rings. The lowest BCUT2D eigenvalue weighted by atomic mass is 9.88. The van der Waals surface area contributed by atoms with Crippen LogP contribution in [0.1, 0.15) is 35.4 Å². The predicted octanol–water partition coefficient (Wildman–Crippen LogP) is 3.23. The second kappa shape index (κ2) is 8.14. The van der Waals surface area contributed by atoms with Crippen molar-refractivity contribution in [3.63, 3.8) is 0 Å². The van der Waals surface area contributed by atoms with Crippen LogP contribution in [0.5, 0.6) is 5.75 Å². The fraction of sp³-hybridized carbons (Fsp3) is 0.400. The fourth-order valence-corrected chi connectivity index (χ4v) is 3.23. The molecule has 1 aliphatic heterocycles. The van der Waals surface area contributed by atoms with E-state index in [2.05, 4.69) is 47.8 Å². The van der Waals surface area contributed by atoms with Crippen molar-refractivity contribution in [1.82, 2.24) is 5.32 Å². The third-order valence-corrected chi connectivity index (χ3v) is 4.58. The quantitative estimate of drug-likeness (QED) is 0.861. The predicted molar refractivity (Wildman–Crippen MR) is 94.8 cm³/mol. The molecule has 1 heterocycles. The van der Waals surface area contributed by atoms with Crippen molar-refractivity contribution in [3.8, 4) is 5.75 Å². The Hall–Kier alpha value is -1.84. The summed E-state index contributed by atoms with van der Waals surface area (Å²) in [5, 5.41) is 3.43. The molecule has 1 aliphatic rings. The van der Waals surface area contributed by atoms with Crippen LogP contribution in [0.2, 0.25) is 0 Å². The summed E-state index contributed by atoms with van der Waals surface area (Å²) in [7, 11) is 0. The van der Waals surface area contributed by atoms with Crippen molar-refractivity contribution in [3.05, 3.63) is 65.2 Å². The van der Waals surface area contributed by atoms with Gasteiger partial charge in [0.25, 0.3) is 0 Å². The molecule has 0 bridgehead atoms. The molecule has 122 valence electrons. The van der Waals surface area contributed by atoms with E-state index in [1.54, 1.807) is 0 Å². The van der Waals surface area contributed by atoms with Gasteiger partial charge in [0.1, 0.15) is 5.75 Å². The number of rotatable bonds is 6. The molecule has 0 atom stereocenters. The molecule has 23 heavy (non-hydrogen) atoms. The highest BCUT2D eigenvalue weighted by atomic mass is 16.5. The van der Waals surface area contributed by atoms with Crippen LogP contribution < -0.4 is 15.8 Å². The highest BCUT2D eigenvalue weighted by Crippen LogP contribution is 2.33. The van der Waals surface area contributed by atoms with E-state index < -0.39 is 0 Å². The molecule has 3 rings (SSSR count). The van der Waals surface area contributed by atoms with Crippen LogP contribution in [0.25, 0.3) is 0 Å². The Morgan fingerprint density at radius 2 is 1.78 bits per heavy atom. The van der Waals surface area contributed by atoms with E-state index in [0.29, 0.717) is 19.1 Å². The highest BCUT2D eigenvalue weighted by molar-refractivity contribution is 5.40. The first-order valence-electron chi connectivity index (χ1n) is 8.57. The Bertz CT molecular complexity index is 606. The van der Waals surface area contributed by atoms with Crippen molar-refractivity contribution in [1.29, 1.82) is 0 Å². The molecular weight excluding hydrogens is 284 g/mol. The topological polar surface area (TPSA) is 47.3 Å². The van der Waals surface area contributed by atoms with Gasteiger partial charge < -0.3 is 15.8 Å². The lowest BCUT2D eigenvalue weighted by Gasteiger charge is -2.25. The van der Waals surface area contributed by atoms with Gasteiger partial charge in [-0.25, -0.2) is 0 Å². The van der Waals surface area contributed by atoms with Gasteiger partial charge in [0.05, 0.1) is 6.61 Å². The largest absolute Gasteiger partial charge is 0.493 e. The Labute approximate surface area is 138 Å². The summed E-state index contributed by atoms with van der Waals surface area (Å²) >= 11 is 0. The molecule has 3 N–H and O–H groups in total. The highest BCUT2D eigenvalue weighted by Gasteiger charge is 2.19. The summed E-state index contributed by atoms with van der Waals surface area (Å²) in [6.45, 7) is 3.47. The molecule has 3 heteroatoms. The Kier molecular flexibility index (Phi) is 5.67. The van der Waals surface area contributed by atoms with Crippen LogP contribution in [0, 0.1) is 0 Å². The summed E-state index contributed by atoms with van der Waals surface area (Å²) in [5.41, 5.74) is 9.66. The van der Waals surface area contributed by atoms with Crippen molar-refractivity contribution >= 4 is 0 Å². The third kappa shape index (κ3) is 4.34. The molecule has 0 saturated carbocycles. The number of hydrogen-bond acceptors (Lipinski definition) is 3. The first-order chi connectivity index (χ1) is 11.4. The molecule has 2 aromatic carbocycles. The summed E-state index contributed by atoms with van der Waals surface area (Å²) in [4.78, 5) is 0. The second-order valence-electron chi connectivity index (χ2n) is 6.18. The molecule has 3 nitrogen and oxygen atoms in total. The molecule has 1 fully saturated rings. The first-order valence-corrected chi connectivity index (χ1v) is 8.57. The minimum Gasteiger partial charge on any atom is -0.493 e. The summed E-state index contributed by atoms with van der Waals surface area (Å²) < 4.78 is 6.13. The molecule has 0 aliphatic carbocycles. The van der Waals surface area contributed by atoms with Crippen molar-refractivity contribution in [2.75, 3.05) is 19.7 Å². The van der Waals surface area contributed by atoms with Crippen molar-refractivity contribution in [2.45, 2.75) is 31.7 Å². The van der Waals surface area contributed by atoms with Gasteiger partial charge >= 0.3 is 0 Å². The minimum atomic E-state index is 0.578. The standard InChI is InChI=1S/C20H26N2O/c21-15-17-6-7-20(19(14-17)18-8-11-22-12-9-18)23-13-10-16-4-2-1-3-5-16/h1-7,14,18,22H,8-13,15,21H2. The Morgan fingerprint density at radius 1 is 1.00 bits per heavy atom. The smallest absolute Gasteiger partial charge is 0.122 e. The summed E-state index contributed by atoms with van der Waals surface area (Å²) in [6, 6.07) is 16.9. The molecule has 0 amide bonds. The number of hydrogen-bond donors (Lipinski definition) is 2. The molecule has 0 spiro atoms. The van der Waals surface area contributed by atoms with Crippen LogP contribution in [0.3, 0.4) is 0 Å². The minimum absolute atomic E-state index is 0.578. The fourth-order valence-electron chi connectivity index (χ4n) is 3.23. The van der Waals surface area contributed by atoms with E-state index in [-0.39, 0.29) is 0 Å². The number of nitrogens with one attached hydrogen (secondary N) is 1. The average molecular weight is 310 g/mol. The van der Waals surface area contributed by atoms with Crippen LogP contribution in [-0.2, 0) is 13.0 Å². The van der Waals surface area contributed by atoms with E-state index in [9.17, 15) is 0 Å². The van der Waals surface area contributed by atoms with E-state index in [1.165, 1.54) is 29.5 Å². The Balaban J connectivity index is 1.69. The van der Waals surface area contributed by atoms with Crippen molar-refractivity contribution in [2.24, 2.45) is 5.73 Å². The number of ether oxygens (including phenoxy) is 1.